The van der Waals surface area contributed by atoms with Crippen molar-refractivity contribution in [2.24, 2.45) is 5.73 Å². The van der Waals surface area contributed by atoms with Gasteiger partial charge in [-0.2, -0.15) is 0 Å². The van der Waals surface area contributed by atoms with E-state index in [2.05, 4.69) is 10.6 Å². The summed E-state index contributed by atoms with van der Waals surface area (Å²) < 4.78 is 5.04. The maximum atomic E-state index is 11.2. The monoisotopic (exact) mass is 245 g/mol. The summed E-state index contributed by atoms with van der Waals surface area (Å²) >= 11 is 0. The van der Waals surface area contributed by atoms with Crippen LogP contribution in [0.3, 0.4) is 0 Å². The van der Waals surface area contributed by atoms with Crippen LogP contribution < -0.4 is 16.4 Å². The molecule has 0 heterocycles. The number of carbonyl (C=O) groups excluding carboxylic acids is 2. The predicted octanol–water partition coefficient (Wildman–Crippen LogP) is 0.366. The van der Waals surface area contributed by atoms with Crippen LogP contribution in [0, 0.1) is 0 Å². The molecular formula is C11H23N3O3. The summed E-state index contributed by atoms with van der Waals surface area (Å²) in [4.78, 5) is 22.4. The van der Waals surface area contributed by atoms with Gasteiger partial charge in [-0.3, -0.25) is 4.79 Å². The van der Waals surface area contributed by atoms with Crippen molar-refractivity contribution in [2.75, 3.05) is 19.6 Å². The second-order valence-corrected chi connectivity index (χ2v) is 4.67. The Balaban J connectivity index is 3.51. The maximum Gasteiger partial charge on any atom is 0.407 e. The van der Waals surface area contributed by atoms with Crippen molar-refractivity contribution >= 4 is 12.0 Å². The van der Waals surface area contributed by atoms with Gasteiger partial charge in [0, 0.05) is 26.1 Å². The van der Waals surface area contributed by atoms with Crippen LogP contribution in [-0.4, -0.2) is 37.2 Å². The SMILES string of the molecule is CC(C)(C)OC(=O)NCCCC(=O)NCCN. The minimum Gasteiger partial charge on any atom is -0.444 e. The third-order valence-electron chi connectivity index (χ3n) is 1.72. The van der Waals surface area contributed by atoms with E-state index in [-0.39, 0.29) is 5.91 Å². The molecule has 0 radical (unpaired) electrons. The molecule has 0 aromatic carbocycles. The zero-order valence-electron chi connectivity index (χ0n) is 10.8. The van der Waals surface area contributed by atoms with E-state index in [9.17, 15) is 9.59 Å². The molecule has 6 heteroatoms. The van der Waals surface area contributed by atoms with Gasteiger partial charge < -0.3 is 21.1 Å². The van der Waals surface area contributed by atoms with Crippen LogP contribution >= 0.6 is 0 Å². The van der Waals surface area contributed by atoms with Crippen molar-refractivity contribution in [1.29, 1.82) is 0 Å². The highest BCUT2D eigenvalue weighted by molar-refractivity contribution is 5.75. The average molecular weight is 245 g/mol. The molecule has 0 unspecified atom stereocenters. The van der Waals surface area contributed by atoms with Gasteiger partial charge in [0.15, 0.2) is 0 Å². The molecule has 0 atom stereocenters. The Hall–Kier alpha value is -1.30. The van der Waals surface area contributed by atoms with E-state index >= 15 is 0 Å². The summed E-state index contributed by atoms with van der Waals surface area (Å²) in [6.45, 7) is 6.73. The Labute approximate surface area is 102 Å². The van der Waals surface area contributed by atoms with Crippen molar-refractivity contribution in [3.8, 4) is 0 Å². The number of nitrogens with one attached hydrogen (secondary N) is 2. The van der Waals surface area contributed by atoms with Crippen LogP contribution in [0.2, 0.25) is 0 Å². The molecule has 0 fully saturated rings. The fourth-order valence-electron chi connectivity index (χ4n) is 1.05. The zero-order chi connectivity index (χ0) is 13.3. The Morgan fingerprint density at radius 2 is 1.82 bits per heavy atom. The van der Waals surface area contributed by atoms with Gasteiger partial charge in [0.2, 0.25) is 5.91 Å². The summed E-state index contributed by atoms with van der Waals surface area (Å²) in [6, 6.07) is 0. The highest BCUT2D eigenvalue weighted by atomic mass is 16.6. The topological polar surface area (TPSA) is 93.4 Å². The molecular weight excluding hydrogens is 222 g/mol. The molecule has 0 bridgehead atoms. The summed E-state index contributed by atoms with van der Waals surface area (Å²) in [6.07, 6.45) is 0.491. The van der Waals surface area contributed by atoms with E-state index in [1.54, 1.807) is 20.8 Å². The van der Waals surface area contributed by atoms with E-state index in [4.69, 9.17) is 10.5 Å². The fourth-order valence-corrected chi connectivity index (χ4v) is 1.05. The van der Waals surface area contributed by atoms with Crippen molar-refractivity contribution in [1.82, 2.24) is 10.6 Å². The molecule has 0 aliphatic carbocycles. The van der Waals surface area contributed by atoms with Gasteiger partial charge in [-0.15, -0.1) is 0 Å². The van der Waals surface area contributed by atoms with Crippen molar-refractivity contribution in [2.45, 2.75) is 39.2 Å². The Bertz CT molecular complexity index is 249. The number of alkyl carbamates (subject to hydrolysis) is 1. The lowest BCUT2D eigenvalue weighted by atomic mass is 10.2. The molecule has 0 saturated carbocycles. The molecule has 0 aromatic rings. The van der Waals surface area contributed by atoms with Crippen molar-refractivity contribution in [3.05, 3.63) is 0 Å². The number of ether oxygens (including phenoxy) is 1. The number of hydrogen-bond acceptors (Lipinski definition) is 4. The second-order valence-electron chi connectivity index (χ2n) is 4.67. The number of rotatable bonds is 6. The third kappa shape index (κ3) is 11.0. The lowest BCUT2D eigenvalue weighted by Crippen LogP contribution is -2.34. The Kier molecular flexibility index (Phi) is 7.29. The summed E-state index contributed by atoms with van der Waals surface area (Å²) in [5.41, 5.74) is 4.74. The molecule has 0 saturated heterocycles. The van der Waals surface area contributed by atoms with Gasteiger partial charge >= 0.3 is 6.09 Å². The normalized spacial score (nSPS) is 10.8. The number of nitrogens with two attached hydrogens (primary N) is 1. The summed E-state index contributed by atoms with van der Waals surface area (Å²) in [7, 11) is 0. The fraction of sp³-hybridized carbons (Fsp3) is 0.818. The van der Waals surface area contributed by atoms with Crippen LogP contribution in [0.25, 0.3) is 0 Å². The van der Waals surface area contributed by atoms with Crippen LogP contribution in [0.1, 0.15) is 33.6 Å². The van der Waals surface area contributed by atoms with Crippen LogP contribution in [-0.2, 0) is 9.53 Å². The van der Waals surface area contributed by atoms with Crippen LogP contribution in [0.5, 0.6) is 0 Å². The van der Waals surface area contributed by atoms with Gasteiger partial charge in [-0.05, 0) is 27.2 Å². The van der Waals surface area contributed by atoms with E-state index < -0.39 is 11.7 Å². The first-order chi connectivity index (χ1) is 7.85. The second kappa shape index (κ2) is 7.89. The molecule has 17 heavy (non-hydrogen) atoms. The first-order valence-electron chi connectivity index (χ1n) is 5.79. The Morgan fingerprint density at radius 3 is 2.35 bits per heavy atom. The molecule has 0 aliphatic heterocycles. The highest BCUT2D eigenvalue weighted by Gasteiger charge is 2.15. The first kappa shape index (κ1) is 15.7. The van der Waals surface area contributed by atoms with Gasteiger partial charge in [-0.25, -0.2) is 4.79 Å². The van der Waals surface area contributed by atoms with E-state index in [1.165, 1.54) is 0 Å². The minimum absolute atomic E-state index is 0.0542. The maximum absolute atomic E-state index is 11.2. The van der Waals surface area contributed by atoms with Gasteiger partial charge in [0.25, 0.3) is 0 Å². The zero-order valence-corrected chi connectivity index (χ0v) is 10.8. The Morgan fingerprint density at radius 1 is 1.18 bits per heavy atom. The molecule has 6 nitrogen and oxygen atoms in total. The molecule has 0 spiro atoms. The molecule has 0 aliphatic rings. The van der Waals surface area contributed by atoms with E-state index in [0.29, 0.717) is 32.5 Å². The van der Waals surface area contributed by atoms with Crippen molar-refractivity contribution in [3.63, 3.8) is 0 Å². The molecule has 0 rings (SSSR count). The average Bonchev–Trinajstić information content (AvgIpc) is 2.19. The molecule has 2 amide bonds. The van der Waals surface area contributed by atoms with Crippen LogP contribution in [0.15, 0.2) is 0 Å². The van der Waals surface area contributed by atoms with Gasteiger partial charge in [0.1, 0.15) is 5.60 Å². The number of carbonyl (C=O) groups is 2. The molecule has 100 valence electrons. The number of amides is 2. The lowest BCUT2D eigenvalue weighted by Gasteiger charge is -2.19. The quantitative estimate of drug-likeness (QED) is 0.589. The summed E-state index contributed by atoms with van der Waals surface area (Å²) in [5.74, 6) is -0.0542. The van der Waals surface area contributed by atoms with Crippen molar-refractivity contribution < 1.29 is 14.3 Å². The largest absolute Gasteiger partial charge is 0.444 e. The molecule has 0 aromatic heterocycles. The van der Waals surface area contributed by atoms with Crippen LogP contribution in [0.4, 0.5) is 4.79 Å². The molecule has 4 N–H and O–H groups in total. The van der Waals surface area contributed by atoms with E-state index in [1.807, 2.05) is 0 Å². The minimum atomic E-state index is -0.497. The first-order valence-corrected chi connectivity index (χ1v) is 5.79. The van der Waals surface area contributed by atoms with Gasteiger partial charge in [0.05, 0.1) is 0 Å². The lowest BCUT2D eigenvalue weighted by molar-refractivity contribution is -0.121. The van der Waals surface area contributed by atoms with Gasteiger partial charge in [-0.1, -0.05) is 0 Å². The number of hydrogen-bond donors (Lipinski definition) is 3. The smallest absolute Gasteiger partial charge is 0.407 e. The summed E-state index contributed by atoms with van der Waals surface area (Å²) in [5, 5.41) is 5.24. The highest BCUT2D eigenvalue weighted by Crippen LogP contribution is 2.06. The standard InChI is InChI=1S/C11H23N3O3/c1-11(2,3)17-10(16)14-7-4-5-9(15)13-8-6-12/h4-8,12H2,1-3H3,(H,13,15)(H,14,16). The third-order valence-corrected chi connectivity index (χ3v) is 1.72. The predicted molar refractivity (Wildman–Crippen MR) is 65.5 cm³/mol. The van der Waals surface area contributed by atoms with E-state index in [0.717, 1.165) is 0 Å².